The zero-order chi connectivity index (χ0) is 18.5. The van der Waals surface area contributed by atoms with Crippen LogP contribution in [0.2, 0.25) is 0 Å². The second kappa shape index (κ2) is 8.09. The van der Waals surface area contributed by atoms with Crippen molar-refractivity contribution in [1.29, 1.82) is 0 Å². The summed E-state index contributed by atoms with van der Waals surface area (Å²) < 4.78 is 0. The summed E-state index contributed by atoms with van der Waals surface area (Å²) in [6.07, 6.45) is 2.04. The quantitative estimate of drug-likeness (QED) is 0.577. The highest BCUT2D eigenvalue weighted by atomic mass is 14.5. The molecule has 3 aromatic carbocycles. The Labute approximate surface area is 156 Å². The summed E-state index contributed by atoms with van der Waals surface area (Å²) in [5.74, 6) is 0.889. The van der Waals surface area contributed by atoms with Gasteiger partial charge in [0.25, 0.3) is 0 Å². The summed E-state index contributed by atoms with van der Waals surface area (Å²) in [5, 5.41) is 0. The second-order valence-corrected chi connectivity index (χ2v) is 7.37. The van der Waals surface area contributed by atoms with E-state index >= 15 is 0 Å². The molecule has 0 spiro atoms. The molecule has 26 heavy (non-hydrogen) atoms. The first-order chi connectivity index (χ1) is 12.5. The van der Waals surface area contributed by atoms with Crippen molar-refractivity contribution in [1.82, 2.24) is 0 Å². The molecule has 0 heterocycles. The van der Waals surface area contributed by atoms with Crippen molar-refractivity contribution in [3.8, 4) is 0 Å². The molecule has 3 rings (SSSR count). The van der Waals surface area contributed by atoms with Crippen LogP contribution in [0.25, 0.3) is 0 Å². The molecular weight excluding hydrogens is 316 g/mol. The molecule has 2 heteroatoms. The van der Waals surface area contributed by atoms with Crippen LogP contribution in [0.4, 0.5) is 11.4 Å². The molecule has 3 aromatic rings. The fraction of sp³-hybridized carbons (Fsp3) is 0.250. The zero-order valence-electron chi connectivity index (χ0n) is 15.7. The van der Waals surface area contributed by atoms with Gasteiger partial charge in [0, 0.05) is 11.4 Å². The van der Waals surface area contributed by atoms with Gasteiger partial charge in [-0.05, 0) is 71.2 Å². The minimum absolute atomic E-state index is 0.445. The lowest BCUT2D eigenvalue weighted by Gasteiger charge is -2.16. The Balaban J connectivity index is 1.70. The molecule has 0 bridgehead atoms. The molecule has 0 saturated heterocycles. The van der Waals surface area contributed by atoms with Crippen molar-refractivity contribution >= 4 is 11.4 Å². The van der Waals surface area contributed by atoms with Crippen LogP contribution in [0, 0.1) is 0 Å². The highest BCUT2D eigenvalue weighted by molar-refractivity contribution is 5.43. The van der Waals surface area contributed by atoms with Crippen molar-refractivity contribution in [2.45, 2.75) is 38.5 Å². The van der Waals surface area contributed by atoms with Gasteiger partial charge < -0.3 is 11.5 Å². The third kappa shape index (κ3) is 4.66. The lowest BCUT2D eigenvalue weighted by molar-refractivity contribution is 0.744. The number of hydrogen-bond acceptors (Lipinski definition) is 2. The monoisotopic (exact) mass is 344 g/mol. The lowest BCUT2D eigenvalue weighted by Crippen LogP contribution is -2.02. The van der Waals surface area contributed by atoms with E-state index in [1.165, 1.54) is 22.3 Å². The fourth-order valence-electron chi connectivity index (χ4n) is 3.56. The minimum Gasteiger partial charge on any atom is -0.399 e. The molecule has 0 aromatic heterocycles. The summed E-state index contributed by atoms with van der Waals surface area (Å²) in [6.45, 7) is 4.52. The second-order valence-electron chi connectivity index (χ2n) is 7.37. The molecule has 0 aliphatic carbocycles. The van der Waals surface area contributed by atoms with Crippen LogP contribution < -0.4 is 11.5 Å². The summed E-state index contributed by atoms with van der Waals surface area (Å²) in [6, 6.07) is 25.4. The molecule has 4 N–H and O–H groups in total. The number of hydrogen-bond donors (Lipinski definition) is 2. The number of benzene rings is 3. The molecule has 2 nitrogen and oxygen atoms in total. The Kier molecular flexibility index (Phi) is 5.62. The van der Waals surface area contributed by atoms with E-state index in [4.69, 9.17) is 11.5 Å². The molecule has 0 saturated carbocycles. The number of anilines is 2. The van der Waals surface area contributed by atoms with Crippen LogP contribution in [-0.2, 0) is 12.8 Å². The van der Waals surface area contributed by atoms with E-state index in [0.29, 0.717) is 11.8 Å². The first-order valence-corrected chi connectivity index (χ1v) is 9.30. The van der Waals surface area contributed by atoms with Gasteiger partial charge in [-0.3, -0.25) is 0 Å². The van der Waals surface area contributed by atoms with Crippen LogP contribution in [0.3, 0.4) is 0 Å². The normalized spacial score (nSPS) is 13.3. The number of nitrogens with two attached hydrogens (primary N) is 2. The summed E-state index contributed by atoms with van der Waals surface area (Å²) >= 11 is 0. The van der Waals surface area contributed by atoms with E-state index in [-0.39, 0.29) is 0 Å². The van der Waals surface area contributed by atoms with E-state index in [1.54, 1.807) is 0 Å². The molecule has 0 aliphatic rings. The molecule has 0 radical (unpaired) electrons. The molecule has 0 aliphatic heterocycles. The van der Waals surface area contributed by atoms with Crippen LogP contribution in [0.15, 0.2) is 72.8 Å². The summed E-state index contributed by atoms with van der Waals surface area (Å²) in [7, 11) is 0. The maximum atomic E-state index is 5.93. The zero-order valence-corrected chi connectivity index (χ0v) is 15.7. The Morgan fingerprint density at radius 1 is 0.615 bits per heavy atom. The van der Waals surface area contributed by atoms with Crippen molar-refractivity contribution in [2.24, 2.45) is 0 Å². The topological polar surface area (TPSA) is 52.0 Å². The van der Waals surface area contributed by atoms with Crippen LogP contribution in [0.1, 0.15) is 47.9 Å². The van der Waals surface area contributed by atoms with Crippen LogP contribution in [0.5, 0.6) is 0 Å². The lowest BCUT2D eigenvalue weighted by atomic mass is 9.90. The van der Waals surface area contributed by atoms with Crippen molar-refractivity contribution in [3.63, 3.8) is 0 Å². The van der Waals surface area contributed by atoms with Gasteiger partial charge in [-0.1, -0.05) is 62.4 Å². The van der Waals surface area contributed by atoms with E-state index in [1.807, 2.05) is 24.3 Å². The summed E-state index contributed by atoms with van der Waals surface area (Å²) in [4.78, 5) is 0. The largest absolute Gasteiger partial charge is 0.399 e. The van der Waals surface area contributed by atoms with E-state index in [0.717, 1.165) is 24.2 Å². The van der Waals surface area contributed by atoms with Gasteiger partial charge in [0.15, 0.2) is 0 Å². The third-order valence-corrected chi connectivity index (χ3v) is 5.03. The van der Waals surface area contributed by atoms with Crippen LogP contribution >= 0.6 is 0 Å². The van der Waals surface area contributed by atoms with E-state index in [9.17, 15) is 0 Å². The molecule has 134 valence electrons. The Morgan fingerprint density at radius 3 is 1.46 bits per heavy atom. The average Bonchev–Trinajstić information content (AvgIpc) is 2.62. The minimum atomic E-state index is 0.445. The number of rotatable bonds is 6. The average molecular weight is 345 g/mol. The predicted octanol–water partition coefficient (Wildman–Crippen LogP) is 5.54. The molecule has 0 fully saturated rings. The highest BCUT2D eigenvalue weighted by Gasteiger charge is 2.10. The van der Waals surface area contributed by atoms with E-state index < -0.39 is 0 Å². The molecule has 2 atom stereocenters. The smallest absolute Gasteiger partial charge is 0.0316 e. The maximum absolute atomic E-state index is 5.93. The van der Waals surface area contributed by atoms with Gasteiger partial charge in [0.2, 0.25) is 0 Å². The Morgan fingerprint density at radius 2 is 1.04 bits per heavy atom. The maximum Gasteiger partial charge on any atom is 0.0316 e. The fourth-order valence-corrected chi connectivity index (χ4v) is 3.56. The number of nitrogen functional groups attached to an aromatic ring is 2. The Hall–Kier alpha value is -2.74. The first kappa shape index (κ1) is 18.1. The predicted molar refractivity (Wildman–Crippen MR) is 112 cm³/mol. The van der Waals surface area contributed by atoms with Gasteiger partial charge in [-0.15, -0.1) is 0 Å². The highest BCUT2D eigenvalue weighted by Crippen LogP contribution is 2.25. The molecular formula is C24H28N2. The van der Waals surface area contributed by atoms with Crippen LogP contribution in [-0.4, -0.2) is 0 Å². The van der Waals surface area contributed by atoms with Gasteiger partial charge in [0.1, 0.15) is 0 Å². The van der Waals surface area contributed by atoms with Gasteiger partial charge >= 0.3 is 0 Å². The molecule has 0 amide bonds. The third-order valence-electron chi connectivity index (χ3n) is 5.03. The van der Waals surface area contributed by atoms with Gasteiger partial charge in [-0.25, -0.2) is 0 Å². The Bertz CT molecular complexity index is 801. The van der Waals surface area contributed by atoms with Gasteiger partial charge in [-0.2, -0.15) is 0 Å². The van der Waals surface area contributed by atoms with Crippen molar-refractivity contribution < 1.29 is 0 Å². The van der Waals surface area contributed by atoms with Gasteiger partial charge in [0.05, 0.1) is 0 Å². The van der Waals surface area contributed by atoms with E-state index in [2.05, 4.69) is 62.4 Å². The summed E-state index contributed by atoms with van der Waals surface area (Å²) in [5.41, 5.74) is 18.9. The van der Waals surface area contributed by atoms with Crippen molar-refractivity contribution in [3.05, 3.63) is 95.1 Å². The standard InChI is InChI=1S/C24H28N2/c1-17(21-8-4-10-23(25)15-21)12-19-6-3-7-20(14-19)13-18(2)22-9-5-11-24(26)16-22/h3-11,14-18H,12-13,25-26H2,1-2H3. The van der Waals surface area contributed by atoms with Crippen molar-refractivity contribution in [2.75, 3.05) is 11.5 Å². The SMILES string of the molecule is CC(Cc1cccc(CC(C)c2cccc(N)c2)c1)c1cccc(N)c1. The molecule has 2 unspecified atom stereocenters. The first-order valence-electron chi connectivity index (χ1n) is 9.30.